The highest BCUT2D eigenvalue weighted by atomic mass is 79.9. The summed E-state index contributed by atoms with van der Waals surface area (Å²) in [6, 6.07) is 4.28. The zero-order chi connectivity index (χ0) is 9.26. The second kappa shape index (κ2) is 4.28. The number of halogens is 2. The maximum absolute atomic E-state index is 3.70. The Morgan fingerprint density at radius 1 is 1.23 bits per heavy atom. The van der Waals surface area contributed by atoms with Crippen LogP contribution in [0.3, 0.4) is 0 Å². The number of rotatable bonds is 1. The fourth-order valence-corrected chi connectivity index (χ4v) is 3.77. The van der Waals surface area contributed by atoms with E-state index in [0.29, 0.717) is 0 Å². The third kappa shape index (κ3) is 2.25. The van der Waals surface area contributed by atoms with Gasteiger partial charge in [-0.05, 0) is 69.7 Å². The molecule has 0 aromatic carbocycles. The Morgan fingerprint density at radius 2 is 1.92 bits per heavy atom. The summed E-state index contributed by atoms with van der Waals surface area (Å²) >= 11 is 8.97. The van der Waals surface area contributed by atoms with Gasteiger partial charge in [-0.25, -0.2) is 0 Å². The zero-order valence-electron chi connectivity index (χ0n) is 7.15. The van der Waals surface area contributed by atoms with E-state index in [0.717, 1.165) is 0 Å². The quantitative estimate of drug-likeness (QED) is 0.667. The van der Waals surface area contributed by atoms with Crippen molar-refractivity contribution in [3.63, 3.8) is 0 Å². The average Bonchev–Trinajstić information content (AvgIpc) is 2.72. The van der Waals surface area contributed by atoms with Crippen LogP contribution < -0.4 is 0 Å². The van der Waals surface area contributed by atoms with Crippen LogP contribution in [0.15, 0.2) is 21.5 Å². The van der Waals surface area contributed by atoms with Crippen LogP contribution in [0, 0.1) is 0 Å². The molecule has 1 aliphatic carbocycles. The van der Waals surface area contributed by atoms with Gasteiger partial charge in [-0.3, -0.25) is 0 Å². The third-order valence-corrected chi connectivity index (χ3v) is 5.20. The fourth-order valence-electron chi connectivity index (χ4n) is 1.63. The van der Waals surface area contributed by atoms with Crippen LogP contribution in [-0.4, -0.2) is 0 Å². The van der Waals surface area contributed by atoms with Crippen molar-refractivity contribution in [2.45, 2.75) is 25.7 Å². The van der Waals surface area contributed by atoms with Gasteiger partial charge in [0.15, 0.2) is 0 Å². The molecule has 1 heterocycles. The number of allylic oxidation sites excluding steroid dienone is 1. The van der Waals surface area contributed by atoms with Crippen molar-refractivity contribution in [2.75, 3.05) is 0 Å². The number of thiophene rings is 1. The van der Waals surface area contributed by atoms with E-state index >= 15 is 0 Å². The third-order valence-electron chi connectivity index (χ3n) is 2.31. The Kier molecular flexibility index (Phi) is 3.27. The molecule has 2 rings (SSSR count). The molecule has 0 bridgehead atoms. The molecule has 1 aromatic rings. The zero-order valence-corrected chi connectivity index (χ0v) is 11.1. The van der Waals surface area contributed by atoms with Crippen LogP contribution >= 0.6 is 43.2 Å². The van der Waals surface area contributed by atoms with Gasteiger partial charge in [-0.1, -0.05) is 5.57 Å². The molecule has 0 aliphatic heterocycles. The molecule has 70 valence electrons. The highest BCUT2D eigenvalue weighted by Gasteiger charge is 2.13. The van der Waals surface area contributed by atoms with Crippen molar-refractivity contribution >= 4 is 47.7 Å². The lowest BCUT2D eigenvalue weighted by atomic mass is 10.2. The van der Waals surface area contributed by atoms with Crippen LogP contribution in [0.25, 0.3) is 4.48 Å². The number of hydrogen-bond donors (Lipinski definition) is 0. The van der Waals surface area contributed by atoms with Crippen LogP contribution in [0.2, 0.25) is 0 Å². The van der Waals surface area contributed by atoms with Crippen LogP contribution in [0.4, 0.5) is 0 Å². The average molecular weight is 322 g/mol. The minimum Gasteiger partial charge on any atom is -0.128 e. The molecule has 13 heavy (non-hydrogen) atoms. The molecule has 0 atom stereocenters. The monoisotopic (exact) mass is 320 g/mol. The van der Waals surface area contributed by atoms with Gasteiger partial charge in [0.05, 0.1) is 3.79 Å². The summed E-state index contributed by atoms with van der Waals surface area (Å²) in [4.78, 5) is 1.35. The van der Waals surface area contributed by atoms with E-state index in [1.165, 1.54) is 38.8 Å². The first-order valence-electron chi connectivity index (χ1n) is 4.40. The van der Waals surface area contributed by atoms with Crippen molar-refractivity contribution in [1.82, 2.24) is 0 Å². The lowest BCUT2D eigenvalue weighted by Crippen LogP contribution is -1.76. The summed E-state index contributed by atoms with van der Waals surface area (Å²) < 4.78 is 2.54. The summed E-state index contributed by atoms with van der Waals surface area (Å²) in [7, 11) is 0. The molecular weight excluding hydrogens is 312 g/mol. The number of hydrogen-bond acceptors (Lipinski definition) is 1. The standard InChI is InChI=1S/C10H10Br2S/c11-9-6-5-8(13-9)10(12)7-3-1-2-4-7/h5-6H,1-4H2. The molecular formula is C10H10Br2S. The first-order valence-corrected chi connectivity index (χ1v) is 6.81. The minimum absolute atomic E-state index is 1.21. The molecule has 3 heteroatoms. The molecule has 0 N–H and O–H groups in total. The molecule has 0 unspecified atom stereocenters. The Bertz CT molecular complexity index is 330. The Hall–Kier alpha value is 0.400. The molecule has 0 spiro atoms. The van der Waals surface area contributed by atoms with E-state index in [4.69, 9.17) is 0 Å². The maximum Gasteiger partial charge on any atom is 0.0705 e. The second-order valence-electron chi connectivity index (χ2n) is 3.23. The Labute approximate surface area is 99.3 Å². The topological polar surface area (TPSA) is 0 Å². The van der Waals surface area contributed by atoms with Gasteiger partial charge in [0.25, 0.3) is 0 Å². The van der Waals surface area contributed by atoms with Crippen LogP contribution in [0.5, 0.6) is 0 Å². The lowest BCUT2D eigenvalue weighted by molar-refractivity contribution is 0.886. The van der Waals surface area contributed by atoms with Gasteiger partial charge in [0.2, 0.25) is 0 Å². The SMILES string of the molecule is BrC(=C1CCCC1)c1ccc(Br)s1. The van der Waals surface area contributed by atoms with Gasteiger partial charge in [0, 0.05) is 9.36 Å². The molecule has 1 fully saturated rings. The summed E-state index contributed by atoms with van der Waals surface area (Å²) in [5, 5.41) is 0. The lowest BCUT2D eigenvalue weighted by Gasteiger charge is -2.00. The van der Waals surface area contributed by atoms with Crippen molar-refractivity contribution in [3.05, 3.63) is 26.4 Å². The van der Waals surface area contributed by atoms with Crippen molar-refractivity contribution < 1.29 is 0 Å². The van der Waals surface area contributed by atoms with Gasteiger partial charge in [-0.2, -0.15) is 0 Å². The molecule has 0 amide bonds. The highest BCUT2D eigenvalue weighted by molar-refractivity contribution is 9.15. The molecule has 1 saturated carbocycles. The predicted molar refractivity (Wildman–Crippen MR) is 66.3 cm³/mol. The van der Waals surface area contributed by atoms with E-state index < -0.39 is 0 Å². The fraction of sp³-hybridized carbons (Fsp3) is 0.400. The van der Waals surface area contributed by atoms with Gasteiger partial charge >= 0.3 is 0 Å². The molecule has 1 aliphatic rings. The van der Waals surface area contributed by atoms with E-state index in [-0.39, 0.29) is 0 Å². The van der Waals surface area contributed by atoms with E-state index in [2.05, 4.69) is 44.0 Å². The second-order valence-corrected chi connectivity index (χ2v) is 6.48. The van der Waals surface area contributed by atoms with Gasteiger partial charge < -0.3 is 0 Å². The molecule has 1 aromatic heterocycles. The summed E-state index contributed by atoms with van der Waals surface area (Å²) in [5.41, 5.74) is 1.59. The Morgan fingerprint density at radius 3 is 2.46 bits per heavy atom. The molecule has 0 nitrogen and oxygen atoms in total. The normalized spacial score (nSPS) is 16.6. The van der Waals surface area contributed by atoms with E-state index in [1.54, 1.807) is 16.9 Å². The van der Waals surface area contributed by atoms with Crippen LogP contribution in [0.1, 0.15) is 30.6 Å². The predicted octanol–water partition coefficient (Wildman–Crippen LogP) is 5.19. The smallest absolute Gasteiger partial charge is 0.0705 e. The van der Waals surface area contributed by atoms with Crippen molar-refractivity contribution in [1.29, 1.82) is 0 Å². The minimum atomic E-state index is 1.21. The Balaban J connectivity index is 2.29. The molecule has 0 saturated heterocycles. The van der Waals surface area contributed by atoms with Crippen molar-refractivity contribution in [3.8, 4) is 0 Å². The van der Waals surface area contributed by atoms with E-state index in [1.807, 2.05) is 0 Å². The molecule has 0 radical (unpaired) electrons. The highest BCUT2D eigenvalue weighted by Crippen LogP contribution is 2.38. The van der Waals surface area contributed by atoms with Gasteiger partial charge in [0.1, 0.15) is 0 Å². The van der Waals surface area contributed by atoms with Crippen molar-refractivity contribution in [2.24, 2.45) is 0 Å². The summed E-state index contributed by atoms with van der Waals surface area (Å²) in [6.07, 6.45) is 5.26. The first kappa shape index (κ1) is 9.94. The summed E-state index contributed by atoms with van der Waals surface area (Å²) in [6.45, 7) is 0. The van der Waals surface area contributed by atoms with Crippen LogP contribution in [-0.2, 0) is 0 Å². The largest absolute Gasteiger partial charge is 0.128 e. The summed E-state index contributed by atoms with van der Waals surface area (Å²) in [5.74, 6) is 0. The van der Waals surface area contributed by atoms with Gasteiger partial charge in [-0.15, -0.1) is 11.3 Å². The van der Waals surface area contributed by atoms with E-state index in [9.17, 15) is 0 Å². The first-order chi connectivity index (χ1) is 6.27. The maximum atomic E-state index is 3.70.